The van der Waals surface area contributed by atoms with Crippen LogP contribution < -0.4 is 11.1 Å². The van der Waals surface area contributed by atoms with Crippen LogP contribution in [0, 0.1) is 17.5 Å². The van der Waals surface area contributed by atoms with Crippen molar-refractivity contribution in [3.05, 3.63) is 81.9 Å². The van der Waals surface area contributed by atoms with Crippen LogP contribution in [0.2, 0.25) is 5.02 Å². The Morgan fingerprint density at radius 2 is 2.03 bits per heavy atom. The van der Waals surface area contributed by atoms with Crippen molar-refractivity contribution in [3.63, 3.8) is 0 Å². The molecule has 2 aromatic rings. The molecule has 2 saturated heterocycles. The molecule has 2 aliphatic heterocycles. The Morgan fingerprint density at radius 1 is 1.24 bits per heavy atom. The van der Waals surface area contributed by atoms with Gasteiger partial charge in [-0.15, -0.1) is 0 Å². The number of aliphatic hydroxyl groups is 1. The molecule has 2 fully saturated rings. The number of allylic oxidation sites excluding steroid dienone is 1. The third-order valence-corrected chi connectivity index (χ3v) is 6.72. The molecule has 4 rings (SSSR count). The van der Waals surface area contributed by atoms with E-state index in [-0.39, 0.29) is 48.4 Å². The summed E-state index contributed by atoms with van der Waals surface area (Å²) in [5, 5.41) is 13.4. The summed E-state index contributed by atoms with van der Waals surface area (Å²) in [4.78, 5) is 31.2. The van der Waals surface area contributed by atoms with E-state index in [2.05, 4.69) is 10.3 Å². The van der Waals surface area contributed by atoms with Gasteiger partial charge in [0, 0.05) is 42.5 Å². The zero-order chi connectivity index (χ0) is 27.4. The highest BCUT2D eigenvalue weighted by Crippen LogP contribution is 2.31. The number of aliphatic imine (C=N–C) groups is 1. The number of rotatable bonds is 7. The van der Waals surface area contributed by atoms with E-state index in [1.807, 2.05) is 0 Å². The summed E-state index contributed by atoms with van der Waals surface area (Å²) in [5.41, 5.74) is 4.05. The normalized spacial score (nSPS) is 24.3. The summed E-state index contributed by atoms with van der Waals surface area (Å²) >= 11 is 5.82. The molecule has 2 amide bonds. The molecule has 202 valence electrons. The zero-order valence-corrected chi connectivity index (χ0v) is 20.9. The van der Waals surface area contributed by atoms with Crippen molar-refractivity contribution in [3.8, 4) is 0 Å². The van der Waals surface area contributed by atoms with Gasteiger partial charge in [-0.3, -0.25) is 14.6 Å². The molecule has 0 spiro atoms. The number of amides is 2. The number of nitrogens with zero attached hydrogens (tertiary/aromatic N) is 2. The smallest absolute Gasteiger partial charge is 0.268 e. The summed E-state index contributed by atoms with van der Waals surface area (Å²) in [7, 11) is 0. The van der Waals surface area contributed by atoms with Crippen LogP contribution in [0.15, 0.2) is 53.3 Å². The number of carbonyl (C=O) groups is 2. The van der Waals surface area contributed by atoms with Crippen molar-refractivity contribution in [2.24, 2.45) is 10.7 Å². The molecule has 0 bridgehead atoms. The summed E-state index contributed by atoms with van der Waals surface area (Å²) in [6.45, 7) is 0.000189. The third-order valence-electron chi connectivity index (χ3n) is 6.50. The Balaban J connectivity index is 1.34. The first-order valence-electron chi connectivity index (χ1n) is 11.9. The monoisotopic (exact) mass is 550 g/mol. The zero-order valence-electron chi connectivity index (χ0n) is 20.2. The fourth-order valence-electron chi connectivity index (χ4n) is 4.45. The first-order chi connectivity index (χ1) is 18.1. The van der Waals surface area contributed by atoms with Gasteiger partial charge in [-0.2, -0.15) is 0 Å². The van der Waals surface area contributed by atoms with Gasteiger partial charge in [0.2, 0.25) is 5.60 Å². The van der Waals surface area contributed by atoms with Gasteiger partial charge in [0.1, 0.15) is 17.5 Å². The summed E-state index contributed by atoms with van der Waals surface area (Å²) in [5.74, 6) is -3.49. The lowest BCUT2D eigenvalue weighted by Gasteiger charge is -2.28. The van der Waals surface area contributed by atoms with Gasteiger partial charge in [0.05, 0.1) is 24.4 Å². The molecule has 0 radical (unpaired) electrons. The van der Waals surface area contributed by atoms with Gasteiger partial charge in [0.25, 0.3) is 11.8 Å². The van der Waals surface area contributed by atoms with Crippen LogP contribution in [-0.2, 0) is 20.9 Å². The molecule has 2 aromatic carbocycles. The maximum absolute atomic E-state index is 14.0. The fraction of sp³-hybridized carbons (Fsp3) is 0.346. The fourth-order valence-corrected chi connectivity index (χ4v) is 4.69. The van der Waals surface area contributed by atoms with E-state index in [4.69, 9.17) is 22.1 Å². The van der Waals surface area contributed by atoms with E-state index in [0.717, 1.165) is 35.4 Å². The maximum atomic E-state index is 14.0. The number of carbonyl (C=O) groups excluding carboxylic acids is 2. The average molecular weight is 551 g/mol. The van der Waals surface area contributed by atoms with Gasteiger partial charge < -0.3 is 25.8 Å². The second kappa shape index (κ2) is 11.5. The van der Waals surface area contributed by atoms with Crippen LogP contribution in [0.25, 0.3) is 0 Å². The molecule has 38 heavy (non-hydrogen) atoms. The van der Waals surface area contributed by atoms with E-state index in [1.54, 1.807) is 0 Å². The van der Waals surface area contributed by atoms with Gasteiger partial charge in [-0.1, -0.05) is 11.6 Å². The molecule has 12 heteroatoms. The standard InChI is InChI=1S/C26H26ClF3N4O4/c27-16-7-15(8-18(29)9-16)12-33-24(35)26(37)5-6-34(25(26)36)20(11-31)13-32-19-2-4-23(38-14-19)21-10-17(28)1-3-22(21)30/h1,3,7-11,13,19,23,37H,2,4-6,12,14,31H2,(H,33,35)/t19-,23+,26+/m1/s1. The van der Waals surface area contributed by atoms with Crippen molar-refractivity contribution in [2.45, 2.75) is 43.6 Å². The van der Waals surface area contributed by atoms with E-state index < -0.39 is 41.0 Å². The molecule has 0 aliphatic carbocycles. The molecule has 8 nitrogen and oxygen atoms in total. The summed E-state index contributed by atoms with van der Waals surface area (Å²) < 4.78 is 46.8. The topological polar surface area (TPSA) is 117 Å². The lowest BCUT2D eigenvalue weighted by atomic mass is 9.98. The van der Waals surface area contributed by atoms with Crippen LogP contribution >= 0.6 is 11.6 Å². The van der Waals surface area contributed by atoms with E-state index >= 15 is 0 Å². The number of likely N-dealkylation sites (tertiary alicyclic amines) is 1. The predicted molar refractivity (Wildman–Crippen MR) is 133 cm³/mol. The Kier molecular flexibility index (Phi) is 8.39. The number of nitrogens with two attached hydrogens (primary N) is 1. The number of hydrogen-bond donors (Lipinski definition) is 3. The number of nitrogens with one attached hydrogen (secondary N) is 1. The maximum Gasteiger partial charge on any atom is 0.268 e. The van der Waals surface area contributed by atoms with Crippen LogP contribution in [0.5, 0.6) is 0 Å². The highest BCUT2D eigenvalue weighted by molar-refractivity contribution is 6.30. The number of hydrogen-bond acceptors (Lipinski definition) is 6. The molecule has 0 saturated carbocycles. The average Bonchev–Trinajstić information content (AvgIpc) is 3.19. The Hall–Kier alpha value is -3.41. The molecule has 2 aliphatic rings. The SMILES string of the molecule is NC=C(C=N[C@@H]1CC[C@@H](c2cc(F)ccc2F)OC1)N1CC[C@](O)(C(=O)NCc2cc(F)cc(Cl)c2)C1=O. The first-order valence-corrected chi connectivity index (χ1v) is 12.3. The second-order valence-corrected chi connectivity index (χ2v) is 9.55. The number of benzene rings is 2. The van der Waals surface area contributed by atoms with Crippen molar-refractivity contribution in [1.29, 1.82) is 0 Å². The Morgan fingerprint density at radius 3 is 2.71 bits per heavy atom. The minimum absolute atomic E-state index is 0.00564. The van der Waals surface area contributed by atoms with E-state index in [0.29, 0.717) is 18.4 Å². The molecule has 0 unspecified atom stereocenters. The highest BCUT2D eigenvalue weighted by atomic mass is 35.5. The Bertz CT molecular complexity index is 1260. The first kappa shape index (κ1) is 27.6. The van der Waals surface area contributed by atoms with Crippen molar-refractivity contribution in [2.75, 3.05) is 13.2 Å². The second-order valence-electron chi connectivity index (χ2n) is 9.12. The van der Waals surface area contributed by atoms with E-state index in [1.165, 1.54) is 18.3 Å². The minimum atomic E-state index is -2.34. The largest absolute Gasteiger partial charge is 0.403 e. The molecule has 3 atom stereocenters. The molecular weight excluding hydrogens is 525 g/mol. The van der Waals surface area contributed by atoms with Gasteiger partial charge in [-0.05, 0) is 54.8 Å². The highest BCUT2D eigenvalue weighted by Gasteiger charge is 2.52. The van der Waals surface area contributed by atoms with Crippen molar-refractivity contribution in [1.82, 2.24) is 10.2 Å². The van der Waals surface area contributed by atoms with Gasteiger partial charge in [0.15, 0.2) is 0 Å². The Labute approximate surface area is 221 Å². The minimum Gasteiger partial charge on any atom is -0.403 e. The van der Waals surface area contributed by atoms with Gasteiger partial charge >= 0.3 is 0 Å². The van der Waals surface area contributed by atoms with E-state index in [9.17, 15) is 27.9 Å². The molecule has 4 N–H and O–H groups in total. The third kappa shape index (κ3) is 6.01. The van der Waals surface area contributed by atoms with Crippen LogP contribution in [0.3, 0.4) is 0 Å². The quantitative estimate of drug-likeness (QED) is 0.362. The molecule has 2 heterocycles. The summed E-state index contributed by atoms with van der Waals surface area (Å²) in [6, 6.07) is 6.63. The van der Waals surface area contributed by atoms with Gasteiger partial charge in [-0.25, -0.2) is 13.2 Å². The molecule has 0 aromatic heterocycles. The van der Waals surface area contributed by atoms with Crippen LogP contribution in [-0.4, -0.2) is 52.8 Å². The van der Waals surface area contributed by atoms with Crippen LogP contribution in [0.4, 0.5) is 13.2 Å². The van der Waals surface area contributed by atoms with Crippen molar-refractivity contribution >= 4 is 29.6 Å². The predicted octanol–water partition coefficient (Wildman–Crippen LogP) is 3.13. The summed E-state index contributed by atoms with van der Waals surface area (Å²) in [6.07, 6.45) is 2.61. The lowest BCUT2D eigenvalue weighted by molar-refractivity contribution is -0.153. The number of halogens is 4. The van der Waals surface area contributed by atoms with Crippen molar-refractivity contribution < 1.29 is 32.6 Å². The van der Waals surface area contributed by atoms with Crippen LogP contribution in [0.1, 0.15) is 36.5 Å². The molecular formula is C26H26ClF3N4O4. The lowest BCUT2D eigenvalue weighted by Crippen LogP contribution is -2.52. The number of ether oxygens (including phenoxy) is 1.